The van der Waals surface area contributed by atoms with Crippen LogP contribution in [0.15, 0.2) is 23.1 Å². The topological polar surface area (TPSA) is 109 Å². The van der Waals surface area contributed by atoms with Gasteiger partial charge in [0.15, 0.2) is 0 Å². The van der Waals surface area contributed by atoms with E-state index in [-0.39, 0.29) is 15.2 Å². The number of anilines is 1. The molecule has 0 aromatic heterocycles. The molecule has 1 aliphatic heterocycles. The third-order valence-corrected chi connectivity index (χ3v) is 5.95. The molecule has 2 rings (SSSR count). The molecule has 1 unspecified atom stereocenters. The second kappa shape index (κ2) is 5.86. The smallest absolute Gasteiger partial charge is 0.337 e. The van der Waals surface area contributed by atoms with Crippen molar-refractivity contribution in [3.8, 4) is 0 Å². The Balaban J connectivity index is 2.25. The number of primary sulfonamides is 1. The minimum atomic E-state index is -3.91. The lowest BCUT2D eigenvalue weighted by Gasteiger charge is -2.24. The van der Waals surface area contributed by atoms with E-state index >= 15 is 0 Å². The average Bonchev–Trinajstić information content (AvgIpc) is 2.82. The molecule has 1 saturated heterocycles. The SMILES string of the molecule is CC1(CNc2ccc(S(N)(=O)=O)cc2C(=O)O)CCCS1. The van der Waals surface area contributed by atoms with Crippen molar-refractivity contribution >= 4 is 33.4 Å². The molecule has 1 aliphatic rings. The maximum atomic E-state index is 11.3. The Morgan fingerprint density at radius 1 is 1.52 bits per heavy atom. The largest absolute Gasteiger partial charge is 0.478 e. The van der Waals surface area contributed by atoms with Crippen LogP contribution in [-0.4, -0.2) is 36.5 Å². The number of carboxylic acid groups (broad SMARTS) is 1. The number of rotatable bonds is 5. The lowest BCUT2D eigenvalue weighted by atomic mass is 10.1. The number of hydrogen-bond donors (Lipinski definition) is 3. The Morgan fingerprint density at radius 3 is 2.76 bits per heavy atom. The highest BCUT2D eigenvalue weighted by molar-refractivity contribution is 8.00. The second-order valence-corrected chi connectivity index (χ2v) is 8.56. The molecule has 0 aliphatic carbocycles. The summed E-state index contributed by atoms with van der Waals surface area (Å²) in [7, 11) is -3.91. The summed E-state index contributed by atoms with van der Waals surface area (Å²) in [6, 6.07) is 3.85. The van der Waals surface area contributed by atoms with Crippen molar-refractivity contribution < 1.29 is 18.3 Å². The van der Waals surface area contributed by atoms with Crippen LogP contribution in [0.25, 0.3) is 0 Å². The number of carboxylic acids is 1. The summed E-state index contributed by atoms with van der Waals surface area (Å²) in [5.41, 5.74) is 0.316. The van der Waals surface area contributed by atoms with Crippen LogP contribution in [0.4, 0.5) is 5.69 Å². The zero-order valence-corrected chi connectivity index (χ0v) is 13.3. The number of nitrogens with two attached hydrogens (primary N) is 1. The maximum absolute atomic E-state index is 11.3. The standard InChI is InChI=1S/C13H18N2O4S2/c1-13(5-2-6-20-13)8-15-11-4-3-9(21(14,18)19)7-10(11)12(16)17/h3-4,7,15H,2,5-6,8H2,1H3,(H,16,17)(H2,14,18,19). The van der Waals surface area contributed by atoms with Crippen molar-refractivity contribution in [2.24, 2.45) is 5.14 Å². The summed E-state index contributed by atoms with van der Waals surface area (Å²) in [4.78, 5) is 11.1. The van der Waals surface area contributed by atoms with E-state index in [9.17, 15) is 18.3 Å². The number of sulfonamides is 1. The molecule has 21 heavy (non-hydrogen) atoms. The van der Waals surface area contributed by atoms with Gasteiger partial charge < -0.3 is 10.4 Å². The van der Waals surface area contributed by atoms with Crippen molar-refractivity contribution in [1.82, 2.24) is 0 Å². The summed E-state index contributed by atoms with van der Waals surface area (Å²) < 4.78 is 22.7. The van der Waals surface area contributed by atoms with Crippen LogP contribution < -0.4 is 10.5 Å². The first kappa shape index (κ1) is 16.1. The van der Waals surface area contributed by atoms with Crippen LogP contribution in [0, 0.1) is 0 Å². The van der Waals surface area contributed by atoms with E-state index in [0.717, 1.165) is 24.7 Å². The Kier molecular flexibility index (Phi) is 4.50. The molecule has 1 atom stereocenters. The van der Waals surface area contributed by atoms with Crippen LogP contribution in [0.1, 0.15) is 30.1 Å². The fourth-order valence-corrected chi connectivity index (χ4v) is 4.07. The van der Waals surface area contributed by atoms with Gasteiger partial charge in [0.2, 0.25) is 10.0 Å². The zero-order chi connectivity index (χ0) is 15.7. The monoisotopic (exact) mass is 330 g/mol. The van der Waals surface area contributed by atoms with Gasteiger partial charge in [0, 0.05) is 17.0 Å². The highest BCUT2D eigenvalue weighted by Crippen LogP contribution is 2.38. The predicted molar refractivity (Wildman–Crippen MR) is 83.4 cm³/mol. The third kappa shape index (κ3) is 3.90. The van der Waals surface area contributed by atoms with E-state index in [2.05, 4.69) is 12.2 Å². The summed E-state index contributed by atoms with van der Waals surface area (Å²) in [6.07, 6.45) is 2.22. The summed E-state index contributed by atoms with van der Waals surface area (Å²) >= 11 is 1.86. The van der Waals surface area contributed by atoms with Gasteiger partial charge in [-0.1, -0.05) is 0 Å². The highest BCUT2D eigenvalue weighted by atomic mass is 32.2. The van der Waals surface area contributed by atoms with E-state index in [0.29, 0.717) is 12.2 Å². The molecule has 1 aromatic rings. The number of benzene rings is 1. The molecule has 0 saturated carbocycles. The van der Waals surface area contributed by atoms with Crippen molar-refractivity contribution in [2.75, 3.05) is 17.6 Å². The van der Waals surface area contributed by atoms with Gasteiger partial charge in [-0.15, -0.1) is 0 Å². The van der Waals surface area contributed by atoms with E-state index < -0.39 is 16.0 Å². The van der Waals surface area contributed by atoms with E-state index in [4.69, 9.17) is 5.14 Å². The molecule has 1 fully saturated rings. The van der Waals surface area contributed by atoms with Gasteiger partial charge in [-0.2, -0.15) is 11.8 Å². The summed E-state index contributed by atoms with van der Waals surface area (Å²) in [5, 5.41) is 17.4. The number of thioether (sulfide) groups is 1. The minimum absolute atomic E-state index is 0.0778. The first-order valence-corrected chi connectivity index (χ1v) is 9.02. The molecular formula is C13H18N2O4S2. The summed E-state index contributed by atoms with van der Waals surface area (Å²) in [5.74, 6) is -0.0823. The van der Waals surface area contributed by atoms with Gasteiger partial charge in [-0.3, -0.25) is 0 Å². The van der Waals surface area contributed by atoms with Gasteiger partial charge in [-0.05, 0) is 43.7 Å². The Labute approximate surface area is 128 Å². The molecule has 116 valence electrons. The van der Waals surface area contributed by atoms with Crippen molar-refractivity contribution in [3.63, 3.8) is 0 Å². The molecule has 1 heterocycles. The third-order valence-electron chi connectivity index (χ3n) is 3.50. The van der Waals surface area contributed by atoms with Gasteiger partial charge >= 0.3 is 5.97 Å². The predicted octanol–water partition coefficient (Wildman–Crippen LogP) is 1.73. The molecule has 0 amide bonds. The molecule has 0 bridgehead atoms. The lowest BCUT2D eigenvalue weighted by Crippen LogP contribution is -2.27. The minimum Gasteiger partial charge on any atom is -0.478 e. The van der Waals surface area contributed by atoms with Crippen LogP contribution in [0.3, 0.4) is 0 Å². The van der Waals surface area contributed by atoms with Gasteiger partial charge in [0.05, 0.1) is 10.5 Å². The lowest BCUT2D eigenvalue weighted by molar-refractivity contribution is 0.0697. The summed E-state index contributed by atoms with van der Waals surface area (Å²) in [6.45, 7) is 2.77. The number of carbonyl (C=O) groups is 1. The quantitative estimate of drug-likeness (QED) is 0.758. The average molecular weight is 330 g/mol. The van der Waals surface area contributed by atoms with Crippen LogP contribution >= 0.6 is 11.8 Å². The first-order valence-electron chi connectivity index (χ1n) is 6.49. The Hall–Kier alpha value is -1.25. The molecule has 4 N–H and O–H groups in total. The van der Waals surface area contributed by atoms with E-state index in [1.54, 1.807) is 0 Å². The maximum Gasteiger partial charge on any atom is 0.337 e. The Bertz CT molecular complexity index is 652. The van der Waals surface area contributed by atoms with Crippen molar-refractivity contribution in [3.05, 3.63) is 23.8 Å². The number of nitrogens with one attached hydrogen (secondary N) is 1. The second-order valence-electron chi connectivity index (χ2n) is 5.31. The number of aromatic carboxylic acids is 1. The van der Waals surface area contributed by atoms with E-state index in [1.807, 2.05) is 11.8 Å². The first-order chi connectivity index (χ1) is 9.71. The van der Waals surface area contributed by atoms with Crippen molar-refractivity contribution in [2.45, 2.75) is 29.4 Å². The molecule has 0 radical (unpaired) electrons. The van der Waals surface area contributed by atoms with Gasteiger partial charge in [0.1, 0.15) is 0 Å². The van der Waals surface area contributed by atoms with Gasteiger partial charge in [0.25, 0.3) is 0 Å². The normalized spacial score (nSPS) is 22.2. The molecule has 6 nitrogen and oxygen atoms in total. The van der Waals surface area contributed by atoms with Crippen molar-refractivity contribution in [1.29, 1.82) is 0 Å². The molecule has 0 spiro atoms. The Morgan fingerprint density at radius 2 is 2.24 bits per heavy atom. The fourth-order valence-electron chi connectivity index (χ4n) is 2.29. The van der Waals surface area contributed by atoms with E-state index in [1.165, 1.54) is 12.1 Å². The molecule has 8 heteroatoms. The molecular weight excluding hydrogens is 312 g/mol. The molecule has 1 aromatic carbocycles. The van der Waals surface area contributed by atoms with Gasteiger partial charge in [-0.25, -0.2) is 18.4 Å². The highest BCUT2D eigenvalue weighted by Gasteiger charge is 2.29. The van der Waals surface area contributed by atoms with Crippen LogP contribution in [0.2, 0.25) is 0 Å². The van der Waals surface area contributed by atoms with Crippen LogP contribution in [-0.2, 0) is 10.0 Å². The number of hydrogen-bond acceptors (Lipinski definition) is 5. The fraction of sp³-hybridized carbons (Fsp3) is 0.462. The van der Waals surface area contributed by atoms with Crippen LogP contribution in [0.5, 0.6) is 0 Å². The zero-order valence-electron chi connectivity index (χ0n) is 11.6.